The van der Waals surface area contributed by atoms with E-state index in [0.717, 1.165) is 31.3 Å². The van der Waals surface area contributed by atoms with Crippen molar-refractivity contribution in [3.63, 3.8) is 0 Å². The number of allylic oxidation sites excluding steroid dienone is 2. The van der Waals surface area contributed by atoms with Gasteiger partial charge in [-0.15, -0.1) is 0 Å². The van der Waals surface area contributed by atoms with Crippen LogP contribution in [0.3, 0.4) is 0 Å². The Bertz CT molecular complexity index is 507. The smallest absolute Gasteiger partial charge is 0.303 e. The molecule has 1 aliphatic rings. The highest BCUT2D eigenvalue weighted by atomic mass is 16.5. The molecule has 0 spiro atoms. The number of esters is 1. The van der Waals surface area contributed by atoms with Crippen molar-refractivity contribution < 1.29 is 14.3 Å². The van der Waals surface area contributed by atoms with E-state index in [1.807, 2.05) is 31.0 Å². The first-order chi connectivity index (χ1) is 11.4. The quantitative estimate of drug-likeness (QED) is 0.445. The van der Waals surface area contributed by atoms with Crippen molar-refractivity contribution in [2.24, 2.45) is 5.92 Å². The maximum atomic E-state index is 12.5. The van der Waals surface area contributed by atoms with E-state index in [0.29, 0.717) is 6.42 Å². The Morgan fingerprint density at radius 1 is 1.29 bits per heavy atom. The lowest BCUT2D eigenvalue weighted by atomic mass is 9.91. The van der Waals surface area contributed by atoms with Crippen LogP contribution in [0.25, 0.3) is 0 Å². The lowest BCUT2D eigenvalue weighted by molar-refractivity contribution is -0.144. The highest BCUT2D eigenvalue weighted by Gasteiger charge is 2.26. The second-order valence-corrected chi connectivity index (χ2v) is 6.59. The molecule has 0 bridgehead atoms. The van der Waals surface area contributed by atoms with Gasteiger partial charge in [0.1, 0.15) is 6.10 Å². The van der Waals surface area contributed by atoms with E-state index in [1.54, 1.807) is 6.08 Å². The van der Waals surface area contributed by atoms with Crippen molar-refractivity contribution in [1.29, 1.82) is 0 Å². The summed E-state index contributed by atoms with van der Waals surface area (Å²) in [6.45, 7) is 9.31. The van der Waals surface area contributed by atoms with Crippen molar-refractivity contribution in [3.8, 4) is 0 Å². The molecule has 0 aliphatic carbocycles. The number of ether oxygens (including phenoxy) is 1. The number of hydrogen-bond donors (Lipinski definition) is 0. The molecule has 1 rings (SSSR count). The van der Waals surface area contributed by atoms with E-state index in [9.17, 15) is 9.59 Å². The van der Waals surface area contributed by atoms with Gasteiger partial charge >= 0.3 is 5.97 Å². The van der Waals surface area contributed by atoms with Gasteiger partial charge in [-0.3, -0.25) is 9.59 Å². The van der Waals surface area contributed by atoms with Gasteiger partial charge in [0.2, 0.25) is 5.91 Å². The van der Waals surface area contributed by atoms with Crippen LogP contribution < -0.4 is 0 Å². The second kappa shape index (κ2) is 10.1. The van der Waals surface area contributed by atoms with E-state index in [-0.39, 0.29) is 29.9 Å². The van der Waals surface area contributed by atoms with Crippen LogP contribution in [-0.2, 0) is 14.3 Å². The Morgan fingerprint density at radius 3 is 2.62 bits per heavy atom. The Kier molecular flexibility index (Phi) is 8.51. The molecule has 0 aromatic heterocycles. The van der Waals surface area contributed by atoms with E-state index in [1.165, 1.54) is 6.92 Å². The van der Waals surface area contributed by atoms with E-state index in [4.69, 9.17) is 4.74 Å². The third-order valence-corrected chi connectivity index (χ3v) is 4.48. The molecule has 1 aliphatic heterocycles. The fraction of sp³-hybridized carbons (Fsp3) is 0.600. The maximum Gasteiger partial charge on any atom is 0.303 e. The number of carbonyl (C=O) groups excluding carboxylic acids is 2. The Hall–Kier alpha value is -1.84. The van der Waals surface area contributed by atoms with Crippen LogP contribution in [-0.4, -0.2) is 36.0 Å². The van der Waals surface area contributed by atoms with Gasteiger partial charge in [-0.05, 0) is 38.2 Å². The van der Waals surface area contributed by atoms with E-state index < -0.39 is 0 Å². The molecule has 0 aromatic carbocycles. The lowest BCUT2D eigenvalue weighted by Gasteiger charge is -2.33. The summed E-state index contributed by atoms with van der Waals surface area (Å²) in [5.41, 5.74) is 1.10. The molecule has 0 radical (unpaired) electrons. The van der Waals surface area contributed by atoms with Crippen LogP contribution in [0.5, 0.6) is 0 Å². The zero-order chi connectivity index (χ0) is 18.1. The predicted molar refractivity (Wildman–Crippen MR) is 97.5 cm³/mol. The fourth-order valence-electron chi connectivity index (χ4n) is 3.30. The first kappa shape index (κ1) is 20.2. The second-order valence-electron chi connectivity index (χ2n) is 6.59. The first-order valence-electron chi connectivity index (χ1n) is 8.77. The highest BCUT2D eigenvalue weighted by molar-refractivity contribution is 5.76. The molecule has 1 heterocycles. The van der Waals surface area contributed by atoms with Gasteiger partial charge in [-0.25, -0.2) is 0 Å². The summed E-state index contributed by atoms with van der Waals surface area (Å²) in [6.07, 6.45) is 11.7. The summed E-state index contributed by atoms with van der Waals surface area (Å²) in [5.74, 6) is 0.0396. The van der Waals surface area contributed by atoms with Gasteiger partial charge in [0.25, 0.3) is 0 Å². The van der Waals surface area contributed by atoms with Gasteiger partial charge in [-0.2, -0.15) is 0 Å². The normalized spacial score (nSPS) is 28.5. The average Bonchev–Trinajstić information content (AvgIpc) is 2.50. The van der Waals surface area contributed by atoms with Crippen molar-refractivity contribution >= 4 is 11.9 Å². The summed E-state index contributed by atoms with van der Waals surface area (Å²) < 4.78 is 5.40. The molecule has 0 N–H and O–H groups in total. The summed E-state index contributed by atoms with van der Waals surface area (Å²) >= 11 is 0. The van der Waals surface area contributed by atoms with Crippen LogP contribution in [0.4, 0.5) is 0 Å². The Balaban J connectivity index is 3.08. The van der Waals surface area contributed by atoms with Crippen LogP contribution in [0, 0.1) is 5.92 Å². The number of likely N-dealkylation sites (N-methyl/N-ethyl adjacent to an activating group) is 1. The molecule has 24 heavy (non-hydrogen) atoms. The molecule has 0 aromatic rings. The number of amides is 1. The van der Waals surface area contributed by atoms with Crippen LogP contribution in [0.15, 0.2) is 36.5 Å². The number of nitrogens with zero attached hydrogens (tertiary/aromatic N) is 1. The van der Waals surface area contributed by atoms with Gasteiger partial charge in [-0.1, -0.05) is 43.7 Å². The summed E-state index contributed by atoms with van der Waals surface area (Å²) in [7, 11) is 1.87. The minimum Gasteiger partial charge on any atom is -0.458 e. The molecular weight excluding hydrogens is 302 g/mol. The number of hydrogen-bond acceptors (Lipinski definition) is 3. The van der Waals surface area contributed by atoms with Crippen LogP contribution in [0.1, 0.15) is 52.9 Å². The molecule has 0 saturated heterocycles. The molecule has 0 saturated carbocycles. The fourth-order valence-corrected chi connectivity index (χ4v) is 3.30. The van der Waals surface area contributed by atoms with Crippen molar-refractivity contribution in [2.45, 2.75) is 65.0 Å². The van der Waals surface area contributed by atoms with Crippen LogP contribution >= 0.6 is 0 Å². The monoisotopic (exact) mass is 333 g/mol. The largest absolute Gasteiger partial charge is 0.458 e. The molecular formula is C20H31NO3. The summed E-state index contributed by atoms with van der Waals surface area (Å²) in [6, 6.07) is -0.0239. The predicted octanol–water partition coefficient (Wildman–Crippen LogP) is 4.03. The van der Waals surface area contributed by atoms with Gasteiger partial charge in [0.15, 0.2) is 0 Å². The molecule has 134 valence electrons. The number of carbonyl (C=O) groups is 2. The molecule has 1 unspecified atom stereocenters. The highest BCUT2D eigenvalue weighted by Crippen LogP contribution is 2.23. The minimum absolute atomic E-state index is 0.0239. The molecule has 4 heteroatoms. The summed E-state index contributed by atoms with van der Waals surface area (Å²) in [5, 5.41) is 0. The van der Waals surface area contributed by atoms with Crippen molar-refractivity contribution in [2.75, 3.05) is 7.05 Å². The van der Waals surface area contributed by atoms with Gasteiger partial charge < -0.3 is 9.64 Å². The molecule has 3 atom stereocenters. The standard InChI is InChI=1S/C20H31NO3/c1-6-10-15(2)20-16(3)13-14-18(24-17(4)22)11-8-7-9-12-19(23)21(20)5/h6,10,13-14,16,18,20H,1,7-9,11-12H2,2-5H3/b14-13+,15-10+/t16-,18?,20+/m0/s1. The van der Waals surface area contributed by atoms with Crippen molar-refractivity contribution in [1.82, 2.24) is 4.90 Å². The maximum absolute atomic E-state index is 12.5. The third-order valence-electron chi connectivity index (χ3n) is 4.48. The van der Waals surface area contributed by atoms with E-state index in [2.05, 4.69) is 19.6 Å². The van der Waals surface area contributed by atoms with Crippen molar-refractivity contribution in [3.05, 3.63) is 36.5 Å². The first-order valence-corrected chi connectivity index (χ1v) is 8.77. The van der Waals surface area contributed by atoms with E-state index >= 15 is 0 Å². The number of rotatable bonds is 3. The summed E-state index contributed by atoms with van der Waals surface area (Å²) in [4.78, 5) is 25.6. The Morgan fingerprint density at radius 2 is 2.00 bits per heavy atom. The molecule has 0 fully saturated rings. The average molecular weight is 333 g/mol. The van der Waals surface area contributed by atoms with Gasteiger partial charge in [0.05, 0.1) is 6.04 Å². The molecule has 4 nitrogen and oxygen atoms in total. The molecule has 1 amide bonds. The van der Waals surface area contributed by atoms with Crippen LogP contribution in [0.2, 0.25) is 0 Å². The topological polar surface area (TPSA) is 46.6 Å². The van der Waals surface area contributed by atoms with Gasteiger partial charge in [0, 0.05) is 20.4 Å². The zero-order valence-corrected chi connectivity index (χ0v) is 15.5. The zero-order valence-electron chi connectivity index (χ0n) is 15.5. The SMILES string of the molecule is C=C/C=C(\C)[C@@H]1[C@@H](C)/C=C/C(OC(C)=O)CCCCCC(=O)N1C. The minimum atomic E-state index is -0.254. The third kappa shape index (κ3) is 6.34. The Labute approximate surface area is 146 Å². The lowest BCUT2D eigenvalue weighted by Crippen LogP contribution is -2.41.